The molecule has 1 aromatic carbocycles. The van der Waals surface area contributed by atoms with E-state index in [2.05, 4.69) is 31.2 Å². The van der Waals surface area contributed by atoms with Gasteiger partial charge in [0.1, 0.15) is 0 Å². The summed E-state index contributed by atoms with van der Waals surface area (Å²) in [6.45, 7) is 8.86. The van der Waals surface area contributed by atoms with Crippen LogP contribution in [0.4, 0.5) is 0 Å². The van der Waals surface area contributed by atoms with Crippen molar-refractivity contribution in [2.75, 3.05) is 0 Å². The van der Waals surface area contributed by atoms with Gasteiger partial charge >= 0.3 is 0 Å². The molecule has 0 aromatic heterocycles. The van der Waals surface area contributed by atoms with Gasteiger partial charge in [-0.2, -0.15) is 0 Å². The molecule has 0 aliphatic heterocycles. The number of hydrogen-bond acceptors (Lipinski definition) is 3. The first-order valence-corrected chi connectivity index (χ1v) is 5.11. The minimum absolute atomic E-state index is 0.405. The van der Waals surface area contributed by atoms with Crippen LogP contribution in [0.2, 0.25) is 0 Å². The molecule has 0 saturated carbocycles. The van der Waals surface area contributed by atoms with Gasteiger partial charge in [0.2, 0.25) is 0 Å². The number of nitrogens with two attached hydrogens (primary N) is 1. The van der Waals surface area contributed by atoms with Gasteiger partial charge in [0.15, 0.2) is 0 Å². The Labute approximate surface area is 91.3 Å². The van der Waals surface area contributed by atoms with Crippen molar-refractivity contribution in [2.24, 2.45) is 5.84 Å². The molecule has 0 aliphatic rings. The van der Waals surface area contributed by atoms with E-state index in [1.165, 1.54) is 5.56 Å². The Morgan fingerprint density at radius 3 is 2.40 bits per heavy atom. The highest BCUT2D eigenvalue weighted by molar-refractivity contribution is 5.61. The first-order chi connectivity index (χ1) is 7.13. The van der Waals surface area contributed by atoms with Gasteiger partial charge in [0.05, 0.1) is 0 Å². The van der Waals surface area contributed by atoms with Gasteiger partial charge in [-0.1, -0.05) is 30.8 Å². The molecule has 0 heterocycles. The summed E-state index contributed by atoms with van der Waals surface area (Å²) >= 11 is 0. The van der Waals surface area contributed by atoms with Crippen molar-refractivity contribution in [1.82, 2.24) is 10.7 Å². The van der Waals surface area contributed by atoms with Crippen molar-refractivity contribution in [2.45, 2.75) is 26.4 Å². The summed E-state index contributed by atoms with van der Waals surface area (Å²) < 4.78 is 0. The van der Waals surface area contributed by atoms with Crippen LogP contribution in [-0.2, 0) is 6.54 Å². The molecule has 4 N–H and O–H groups in total. The van der Waals surface area contributed by atoms with Crippen molar-refractivity contribution in [3.8, 4) is 0 Å². The highest BCUT2D eigenvalue weighted by Gasteiger charge is 2.00. The average molecular weight is 205 g/mol. The van der Waals surface area contributed by atoms with Gasteiger partial charge in [-0.3, -0.25) is 11.3 Å². The molecule has 82 valence electrons. The second kappa shape index (κ2) is 5.53. The van der Waals surface area contributed by atoms with Gasteiger partial charge in [-0.25, -0.2) is 0 Å². The van der Waals surface area contributed by atoms with Crippen molar-refractivity contribution >= 4 is 5.70 Å². The second-order valence-corrected chi connectivity index (χ2v) is 3.86. The number of nitrogens with one attached hydrogen (secondary N) is 2. The molecule has 0 spiro atoms. The molecular formula is C12H19N3. The second-order valence-electron chi connectivity index (χ2n) is 3.86. The lowest BCUT2D eigenvalue weighted by molar-refractivity contribution is 0.718. The van der Waals surface area contributed by atoms with Gasteiger partial charge in [-0.05, 0) is 25.0 Å². The molecule has 0 bridgehead atoms. The van der Waals surface area contributed by atoms with Gasteiger partial charge < -0.3 is 5.32 Å². The zero-order valence-electron chi connectivity index (χ0n) is 9.38. The minimum Gasteiger partial charge on any atom is -0.383 e. The van der Waals surface area contributed by atoms with E-state index >= 15 is 0 Å². The molecule has 0 atom stereocenters. The van der Waals surface area contributed by atoms with E-state index in [1.54, 1.807) is 0 Å². The lowest BCUT2D eigenvalue weighted by Crippen LogP contribution is -2.21. The van der Waals surface area contributed by atoms with E-state index in [9.17, 15) is 0 Å². The summed E-state index contributed by atoms with van der Waals surface area (Å²) in [7, 11) is 0. The maximum absolute atomic E-state index is 5.24. The first kappa shape index (κ1) is 11.8. The summed E-state index contributed by atoms with van der Waals surface area (Å²) in [6, 6.07) is 8.59. The number of benzene rings is 1. The van der Waals surface area contributed by atoms with Gasteiger partial charge in [0, 0.05) is 18.3 Å². The third-order valence-corrected chi connectivity index (χ3v) is 2.07. The zero-order chi connectivity index (χ0) is 11.3. The van der Waals surface area contributed by atoms with Crippen LogP contribution >= 0.6 is 0 Å². The van der Waals surface area contributed by atoms with Crippen molar-refractivity contribution < 1.29 is 0 Å². The lowest BCUT2D eigenvalue weighted by atomic mass is 10.1. The fourth-order valence-corrected chi connectivity index (χ4v) is 1.37. The monoisotopic (exact) mass is 205 g/mol. The van der Waals surface area contributed by atoms with Crippen LogP contribution in [0.5, 0.6) is 0 Å². The molecule has 15 heavy (non-hydrogen) atoms. The maximum Gasteiger partial charge on any atom is 0.0348 e. The van der Waals surface area contributed by atoms with Crippen molar-refractivity contribution in [3.63, 3.8) is 0 Å². The number of rotatable bonds is 5. The Balaban J connectivity index is 2.67. The van der Waals surface area contributed by atoms with Crippen LogP contribution in [-0.4, -0.2) is 6.04 Å². The molecule has 0 amide bonds. The molecule has 0 aliphatic carbocycles. The Morgan fingerprint density at radius 2 is 1.93 bits per heavy atom. The highest BCUT2D eigenvalue weighted by Crippen LogP contribution is 2.11. The summed E-state index contributed by atoms with van der Waals surface area (Å²) in [5.41, 5.74) is 5.86. The predicted molar refractivity (Wildman–Crippen MR) is 64.8 cm³/mol. The zero-order valence-corrected chi connectivity index (χ0v) is 9.38. The van der Waals surface area contributed by atoms with Crippen LogP contribution in [0.15, 0.2) is 30.8 Å². The summed E-state index contributed by atoms with van der Waals surface area (Å²) in [5, 5.41) is 3.28. The molecule has 3 heteroatoms. The number of hydrazine groups is 1. The Morgan fingerprint density at radius 1 is 1.33 bits per heavy atom. The molecule has 0 saturated heterocycles. The van der Waals surface area contributed by atoms with E-state index in [0.29, 0.717) is 12.6 Å². The maximum atomic E-state index is 5.24. The Hall–Kier alpha value is -1.32. The van der Waals surface area contributed by atoms with Crippen LogP contribution in [0, 0.1) is 0 Å². The largest absolute Gasteiger partial charge is 0.383 e. The SMILES string of the molecule is C=C(NC(C)C)c1ccc(CNN)cc1. The topological polar surface area (TPSA) is 50.1 Å². The molecule has 3 nitrogen and oxygen atoms in total. The van der Waals surface area contributed by atoms with E-state index in [-0.39, 0.29) is 0 Å². The standard InChI is InChI=1S/C12H19N3/c1-9(2)15-10(3)12-6-4-11(5-7-12)8-14-13/h4-7,9,14-15H,3,8,13H2,1-2H3. The van der Waals surface area contributed by atoms with Crippen LogP contribution in [0.3, 0.4) is 0 Å². The predicted octanol–water partition coefficient (Wildman–Crippen LogP) is 1.62. The van der Waals surface area contributed by atoms with Crippen LogP contribution in [0.1, 0.15) is 25.0 Å². The molecular weight excluding hydrogens is 186 g/mol. The van der Waals surface area contributed by atoms with Crippen molar-refractivity contribution in [1.29, 1.82) is 0 Å². The lowest BCUT2D eigenvalue weighted by Gasteiger charge is -2.13. The molecule has 0 unspecified atom stereocenters. The smallest absolute Gasteiger partial charge is 0.0348 e. The fraction of sp³-hybridized carbons (Fsp3) is 0.333. The molecule has 1 aromatic rings. The fourth-order valence-electron chi connectivity index (χ4n) is 1.37. The summed E-state index contributed by atoms with van der Waals surface area (Å²) in [4.78, 5) is 0. The number of hydrogen-bond donors (Lipinski definition) is 3. The Bertz CT molecular complexity index is 314. The van der Waals surface area contributed by atoms with E-state index in [1.807, 2.05) is 24.3 Å². The Kier molecular flexibility index (Phi) is 4.34. The van der Waals surface area contributed by atoms with Crippen LogP contribution < -0.4 is 16.6 Å². The average Bonchev–Trinajstić information content (AvgIpc) is 2.18. The van der Waals surface area contributed by atoms with Gasteiger partial charge in [0.25, 0.3) is 0 Å². The summed E-state index contributed by atoms with van der Waals surface area (Å²) in [5.74, 6) is 5.24. The molecule has 0 fully saturated rings. The van der Waals surface area contributed by atoms with Crippen molar-refractivity contribution in [3.05, 3.63) is 42.0 Å². The normalized spacial score (nSPS) is 10.4. The first-order valence-electron chi connectivity index (χ1n) is 5.11. The van der Waals surface area contributed by atoms with E-state index in [0.717, 1.165) is 11.3 Å². The third kappa shape index (κ3) is 3.73. The molecule has 0 radical (unpaired) electrons. The third-order valence-electron chi connectivity index (χ3n) is 2.07. The summed E-state index contributed by atoms with van der Waals surface area (Å²) in [6.07, 6.45) is 0. The quantitative estimate of drug-likeness (QED) is 0.506. The van der Waals surface area contributed by atoms with Crippen LogP contribution in [0.25, 0.3) is 5.70 Å². The van der Waals surface area contributed by atoms with E-state index in [4.69, 9.17) is 5.84 Å². The highest BCUT2D eigenvalue weighted by atomic mass is 15.2. The molecule has 1 rings (SSSR count). The van der Waals surface area contributed by atoms with E-state index < -0.39 is 0 Å². The minimum atomic E-state index is 0.405. The van der Waals surface area contributed by atoms with Gasteiger partial charge in [-0.15, -0.1) is 0 Å².